The third-order valence-electron chi connectivity index (χ3n) is 18.9. The number of phosphoric acid groups is 1. The lowest BCUT2D eigenvalue weighted by Crippen LogP contribution is -2.37. The first-order chi connectivity index (χ1) is 51.0. The van der Waals surface area contributed by atoms with Gasteiger partial charge in [0.15, 0.2) is 6.10 Å². The number of likely N-dealkylation sites (N-methyl/N-ethyl adjacent to an activating group) is 1. The fourth-order valence-electron chi connectivity index (χ4n) is 12.3. The van der Waals surface area contributed by atoms with Crippen LogP contribution >= 0.6 is 7.82 Å². The average molecular weight is 1470 g/mol. The molecule has 2 atom stereocenters. The van der Waals surface area contributed by atoms with Crippen molar-refractivity contribution in [1.29, 1.82) is 0 Å². The van der Waals surface area contributed by atoms with Gasteiger partial charge >= 0.3 is 11.9 Å². The molecule has 0 aromatic heterocycles. The van der Waals surface area contributed by atoms with Crippen molar-refractivity contribution in [3.63, 3.8) is 0 Å². The molecule has 10 heteroatoms. The minimum atomic E-state index is -4.65. The van der Waals surface area contributed by atoms with Crippen molar-refractivity contribution in [2.24, 2.45) is 0 Å². The quantitative estimate of drug-likeness (QED) is 0.0195. The maximum atomic E-state index is 12.9. The third-order valence-corrected chi connectivity index (χ3v) is 19.8. The zero-order chi connectivity index (χ0) is 75.4. The first-order valence-corrected chi connectivity index (χ1v) is 45.0. The molecule has 9 nitrogen and oxygen atoms in total. The number of rotatable bonds is 80. The van der Waals surface area contributed by atoms with E-state index in [1.165, 1.54) is 238 Å². The minimum absolute atomic E-state index is 0.0323. The standard InChI is InChI=1S/C94H164NO8P/c1-6-8-10-12-14-16-18-20-22-24-26-28-30-32-34-36-38-40-42-44-46-47-49-51-53-55-57-59-61-63-65-67-69-71-73-75-77-79-81-83-85-87-94(97)103-92(91-102-104(98,99)101-89-88-95(3,4)5)90-100-93(96)86-84-82-80-78-76-74-72-70-68-66-64-62-60-58-56-54-52-50-48-45-43-41-39-37-35-33-31-29-27-25-23-21-19-17-15-13-11-9-7-2/h8-11,14-17,20-23,26-29,32-35,38,40,44,46,92H,6-7,12-13,18-19,24-25,30-31,36-37,39,41-43,45,47-91H2,1-5H3/b10-8-,11-9-,16-14-,17-15-,22-20-,23-21-,28-26-,29-27-,34-32-,35-33-,40-38-,46-44-. The molecular formula is C94H164NO8P. The van der Waals surface area contributed by atoms with Gasteiger partial charge in [-0.05, 0) is 116 Å². The highest BCUT2D eigenvalue weighted by Gasteiger charge is 2.22. The summed E-state index contributed by atoms with van der Waals surface area (Å²) in [6.45, 7) is 4.06. The summed E-state index contributed by atoms with van der Waals surface area (Å²) in [5.41, 5.74) is 0. The van der Waals surface area contributed by atoms with E-state index in [0.29, 0.717) is 17.4 Å². The highest BCUT2D eigenvalue weighted by molar-refractivity contribution is 7.45. The van der Waals surface area contributed by atoms with Gasteiger partial charge in [-0.15, -0.1) is 0 Å². The summed E-state index contributed by atoms with van der Waals surface area (Å²) >= 11 is 0. The second-order valence-corrected chi connectivity index (χ2v) is 31.6. The Bertz CT molecular complexity index is 2280. The Kier molecular flexibility index (Phi) is 79.7. The lowest BCUT2D eigenvalue weighted by atomic mass is 10.0. The summed E-state index contributed by atoms with van der Waals surface area (Å²) in [5, 5.41) is 0. The molecule has 0 aliphatic heterocycles. The molecule has 0 N–H and O–H groups in total. The molecule has 0 fully saturated rings. The van der Waals surface area contributed by atoms with Crippen molar-refractivity contribution in [3.05, 3.63) is 146 Å². The van der Waals surface area contributed by atoms with Gasteiger partial charge in [0.2, 0.25) is 0 Å². The highest BCUT2D eigenvalue weighted by atomic mass is 31.2. The zero-order valence-electron chi connectivity index (χ0n) is 68.4. The van der Waals surface area contributed by atoms with Crippen molar-refractivity contribution >= 4 is 19.8 Å². The van der Waals surface area contributed by atoms with E-state index in [9.17, 15) is 19.0 Å². The molecule has 0 aliphatic rings. The van der Waals surface area contributed by atoms with Crippen LogP contribution in [0.5, 0.6) is 0 Å². The van der Waals surface area contributed by atoms with Gasteiger partial charge in [0.05, 0.1) is 27.7 Å². The number of quaternary nitrogens is 1. The van der Waals surface area contributed by atoms with E-state index in [4.69, 9.17) is 18.5 Å². The normalized spacial score (nSPS) is 13.7. The predicted molar refractivity (Wildman–Crippen MR) is 452 cm³/mol. The van der Waals surface area contributed by atoms with Crippen molar-refractivity contribution < 1.29 is 42.1 Å². The van der Waals surface area contributed by atoms with E-state index in [0.717, 1.165) is 116 Å². The molecule has 598 valence electrons. The molecule has 2 unspecified atom stereocenters. The van der Waals surface area contributed by atoms with Crippen LogP contribution in [0.15, 0.2) is 146 Å². The summed E-state index contributed by atoms with van der Waals surface area (Å²) in [4.78, 5) is 38.3. The number of hydrogen-bond donors (Lipinski definition) is 0. The fourth-order valence-corrected chi connectivity index (χ4v) is 13.0. The minimum Gasteiger partial charge on any atom is -0.756 e. The number of phosphoric ester groups is 1. The molecule has 0 bridgehead atoms. The number of carbonyl (C=O) groups is 2. The van der Waals surface area contributed by atoms with Crippen molar-refractivity contribution in [1.82, 2.24) is 0 Å². The van der Waals surface area contributed by atoms with Gasteiger partial charge in [0.25, 0.3) is 7.82 Å². The van der Waals surface area contributed by atoms with Crippen LogP contribution in [-0.4, -0.2) is 70.0 Å². The summed E-state index contributed by atoms with van der Waals surface area (Å²) < 4.78 is 34.5. The number of carbonyl (C=O) groups excluding carboxylic acids is 2. The third kappa shape index (κ3) is 86.8. The van der Waals surface area contributed by atoms with Crippen LogP contribution in [0.25, 0.3) is 0 Å². The first-order valence-electron chi connectivity index (χ1n) is 43.5. The Hall–Kier alpha value is -4.11. The van der Waals surface area contributed by atoms with Crippen LogP contribution in [0.4, 0.5) is 0 Å². The van der Waals surface area contributed by atoms with Gasteiger partial charge < -0.3 is 27.9 Å². The smallest absolute Gasteiger partial charge is 0.306 e. The van der Waals surface area contributed by atoms with Crippen LogP contribution in [0, 0.1) is 0 Å². The van der Waals surface area contributed by atoms with Gasteiger partial charge in [-0.25, -0.2) is 0 Å². The van der Waals surface area contributed by atoms with Gasteiger partial charge in [0.1, 0.15) is 19.8 Å². The molecule has 0 saturated heterocycles. The van der Waals surface area contributed by atoms with Crippen LogP contribution < -0.4 is 4.89 Å². The van der Waals surface area contributed by atoms with E-state index < -0.39 is 26.5 Å². The maximum Gasteiger partial charge on any atom is 0.306 e. The number of nitrogens with zero attached hydrogens (tertiary/aromatic N) is 1. The van der Waals surface area contributed by atoms with E-state index in [-0.39, 0.29) is 32.0 Å². The Labute approximate surface area is 643 Å². The van der Waals surface area contributed by atoms with Gasteiger partial charge in [0, 0.05) is 12.8 Å². The topological polar surface area (TPSA) is 111 Å². The predicted octanol–water partition coefficient (Wildman–Crippen LogP) is 29.0. The Morgan fingerprint density at radius 2 is 0.519 bits per heavy atom. The van der Waals surface area contributed by atoms with Crippen molar-refractivity contribution in [2.75, 3.05) is 47.5 Å². The maximum absolute atomic E-state index is 12.9. The molecule has 0 aromatic carbocycles. The Balaban J connectivity index is 3.91. The van der Waals surface area contributed by atoms with Crippen molar-refractivity contribution in [3.8, 4) is 0 Å². The first kappa shape index (κ1) is 99.9. The molecule has 0 spiro atoms. The highest BCUT2D eigenvalue weighted by Crippen LogP contribution is 2.38. The number of ether oxygens (including phenoxy) is 2. The van der Waals surface area contributed by atoms with Crippen molar-refractivity contribution in [2.45, 2.75) is 392 Å². The monoisotopic (exact) mass is 1470 g/mol. The van der Waals surface area contributed by atoms with Crippen LogP contribution in [0.1, 0.15) is 386 Å². The van der Waals surface area contributed by atoms with Crippen LogP contribution in [-0.2, 0) is 32.7 Å². The molecule has 0 radical (unpaired) electrons. The Morgan fingerprint density at radius 1 is 0.298 bits per heavy atom. The second-order valence-electron chi connectivity index (χ2n) is 30.1. The fraction of sp³-hybridized carbons (Fsp3) is 0.723. The molecule has 0 aliphatic carbocycles. The van der Waals surface area contributed by atoms with Crippen LogP contribution in [0.2, 0.25) is 0 Å². The lowest BCUT2D eigenvalue weighted by Gasteiger charge is -2.28. The largest absolute Gasteiger partial charge is 0.756 e. The summed E-state index contributed by atoms with van der Waals surface area (Å²) in [6.07, 6.45) is 123. The van der Waals surface area contributed by atoms with E-state index in [1.54, 1.807) is 0 Å². The summed E-state index contributed by atoms with van der Waals surface area (Å²) in [5.74, 6) is -0.818. The zero-order valence-corrected chi connectivity index (χ0v) is 69.3. The number of unbranched alkanes of at least 4 members (excludes halogenated alkanes) is 42. The summed E-state index contributed by atoms with van der Waals surface area (Å²) in [6, 6.07) is 0. The van der Waals surface area contributed by atoms with E-state index >= 15 is 0 Å². The number of esters is 2. The summed E-state index contributed by atoms with van der Waals surface area (Å²) in [7, 11) is 1.18. The molecule has 0 rings (SSSR count). The number of allylic oxidation sites excluding steroid dienone is 24. The van der Waals surface area contributed by atoms with E-state index in [2.05, 4.69) is 160 Å². The lowest BCUT2D eigenvalue weighted by molar-refractivity contribution is -0.870. The molecule has 0 aromatic rings. The van der Waals surface area contributed by atoms with Gasteiger partial charge in [-0.1, -0.05) is 404 Å². The van der Waals surface area contributed by atoms with E-state index in [1.807, 2.05) is 21.1 Å². The molecule has 0 heterocycles. The van der Waals surface area contributed by atoms with Gasteiger partial charge in [-0.3, -0.25) is 14.2 Å². The second kappa shape index (κ2) is 82.9. The van der Waals surface area contributed by atoms with Gasteiger partial charge in [-0.2, -0.15) is 0 Å². The molecule has 104 heavy (non-hydrogen) atoms. The van der Waals surface area contributed by atoms with Crippen LogP contribution in [0.3, 0.4) is 0 Å². The average Bonchev–Trinajstić information content (AvgIpc) is 0.920. The molecular weight excluding hydrogens is 1300 g/mol. The molecule has 0 saturated carbocycles. The number of hydrogen-bond acceptors (Lipinski definition) is 8. The molecule has 0 amide bonds. The Morgan fingerprint density at radius 3 is 0.769 bits per heavy atom. The SMILES string of the molecule is CC/C=C\C/C=C\C/C=C\C/C=C\C/C=C\C/C=C\C/C=C\CCCCCCCCCCCCCCCCCCCCCC(=O)OC(COC(=O)CCCCCCCCCCCCCCCCCCCCCCCCC/C=C\C/C=C\C/C=C\C/C=C\C/C=C\CC)COP(=O)([O-])OCC[N+](C)(C)C.